The van der Waals surface area contributed by atoms with Crippen molar-refractivity contribution >= 4 is 21.9 Å². The maximum Gasteiger partial charge on any atom is 0.343 e. The van der Waals surface area contributed by atoms with E-state index in [1.807, 2.05) is 24.3 Å². The predicted octanol–water partition coefficient (Wildman–Crippen LogP) is 3.09. The molecule has 0 saturated carbocycles. The van der Waals surface area contributed by atoms with Gasteiger partial charge in [-0.2, -0.15) is 0 Å². The lowest BCUT2D eigenvalue weighted by molar-refractivity contribution is 0.0446. The molecule has 2 rings (SSSR count). The summed E-state index contributed by atoms with van der Waals surface area (Å²) in [7, 11) is 1.45. The lowest BCUT2D eigenvalue weighted by atomic mass is 10.3. The number of carbonyl (C=O) groups is 1. The van der Waals surface area contributed by atoms with Crippen molar-refractivity contribution in [3.63, 3.8) is 0 Å². The van der Waals surface area contributed by atoms with Crippen LogP contribution in [0, 0.1) is 0 Å². The van der Waals surface area contributed by atoms with Gasteiger partial charge in [0.05, 0.1) is 7.11 Å². The molecule has 110 valence electrons. The third-order valence-corrected chi connectivity index (χ3v) is 3.11. The SMILES string of the molecule is COc1ncccc1C(=O)OCCOc1ccc(Br)cc1. The van der Waals surface area contributed by atoms with Gasteiger partial charge in [0.2, 0.25) is 5.88 Å². The number of esters is 1. The van der Waals surface area contributed by atoms with Gasteiger partial charge in [-0.05, 0) is 36.4 Å². The molecule has 6 heteroatoms. The highest BCUT2D eigenvalue weighted by Crippen LogP contribution is 2.16. The van der Waals surface area contributed by atoms with Gasteiger partial charge >= 0.3 is 5.97 Å². The highest BCUT2D eigenvalue weighted by Gasteiger charge is 2.13. The number of pyridine rings is 1. The van der Waals surface area contributed by atoms with E-state index in [2.05, 4.69) is 20.9 Å². The molecule has 0 bridgehead atoms. The summed E-state index contributed by atoms with van der Waals surface area (Å²) in [6.07, 6.45) is 1.55. The Bertz CT molecular complexity index is 601. The van der Waals surface area contributed by atoms with E-state index in [0.29, 0.717) is 11.3 Å². The van der Waals surface area contributed by atoms with Gasteiger partial charge < -0.3 is 14.2 Å². The van der Waals surface area contributed by atoms with E-state index in [1.165, 1.54) is 7.11 Å². The van der Waals surface area contributed by atoms with Crippen LogP contribution in [0.5, 0.6) is 11.6 Å². The molecule has 21 heavy (non-hydrogen) atoms. The minimum Gasteiger partial charge on any atom is -0.490 e. The first-order valence-corrected chi connectivity index (χ1v) is 7.04. The van der Waals surface area contributed by atoms with Crippen LogP contribution in [0.3, 0.4) is 0 Å². The molecule has 0 unspecified atom stereocenters. The number of ether oxygens (including phenoxy) is 3. The molecule has 2 aromatic rings. The molecular formula is C15H14BrNO4. The number of halogens is 1. The fraction of sp³-hybridized carbons (Fsp3) is 0.200. The summed E-state index contributed by atoms with van der Waals surface area (Å²) < 4.78 is 16.6. The average Bonchev–Trinajstić information content (AvgIpc) is 2.53. The highest BCUT2D eigenvalue weighted by atomic mass is 79.9. The van der Waals surface area contributed by atoms with Gasteiger partial charge in [0.25, 0.3) is 0 Å². The van der Waals surface area contributed by atoms with Gasteiger partial charge in [-0.15, -0.1) is 0 Å². The fourth-order valence-electron chi connectivity index (χ4n) is 1.61. The molecule has 0 aliphatic rings. The molecule has 0 fully saturated rings. The van der Waals surface area contributed by atoms with Crippen LogP contribution in [-0.4, -0.2) is 31.3 Å². The zero-order valence-electron chi connectivity index (χ0n) is 11.4. The van der Waals surface area contributed by atoms with E-state index in [1.54, 1.807) is 18.3 Å². The minimum atomic E-state index is -0.487. The van der Waals surface area contributed by atoms with Crippen LogP contribution in [0.4, 0.5) is 0 Å². The van der Waals surface area contributed by atoms with Crippen molar-refractivity contribution in [1.82, 2.24) is 4.98 Å². The number of hydrogen-bond donors (Lipinski definition) is 0. The summed E-state index contributed by atoms with van der Waals surface area (Å²) in [5.74, 6) is 0.476. The molecule has 0 amide bonds. The third-order valence-electron chi connectivity index (χ3n) is 2.58. The quantitative estimate of drug-likeness (QED) is 0.591. The van der Waals surface area contributed by atoms with E-state index in [0.717, 1.165) is 4.47 Å². The molecule has 1 aromatic heterocycles. The Morgan fingerprint density at radius 3 is 2.67 bits per heavy atom. The monoisotopic (exact) mass is 351 g/mol. The van der Waals surface area contributed by atoms with Crippen LogP contribution < -0.4 is 9.47 Å². The summed E-state index contributed by atoms with van der Waals surface area (Å²) >= 11 is 3.34. The second-order valence-electron chi connectivity index (χ2n) is 4.00. The fourth-order valence-corrected chi connectivity index (χ4v) is 1.88. The summed E-state index contributed by atoms with van der Waals surface area (Å²) in [6.45, 7) is 0.420. The molecule has 0 aliphatic carbocycles. The van der Waals surface area contributed by atoms with Gasteiger partial charge in [0.1, 0.15) is 24.5 Å². The van der Waals surface area contributed by atoms with Crippen LogP contribution in [-0.2, 0) is 4.74 Å². The number of aromatic nitrogens is 1. The van der Waals surface area contributed by atoms with E-state index in [-0.39, 0.29) is 19.1 Å². The third kappa shape index (κ3) is 4.46. The molecule has 0 spiro atoms. The Balaban J connectivity index is 1.80. The Kier molecular flexibility index (Phi) is 5.57. The molecule has 5 nitrogen and oxygen atoms in total. The molecule has 1 aromatic carbocycles. The normalized spacial score (nSPS) is 10.0. The van der Waals surface area contributed by atoms with Gasteiger partial charge in [0, 0.05) is 10.7 Å². The van der Waals surface area contributed by atoms with E-state index < -0.39 is 5.97 Å². The van der Waals surface area contributed by atoms with Gasteiger partial charge in [-0.3, -0.25) is 0 Å². The molecule has 0 N–H and O–H groups in total. The zero-order chi connectivity index (χ0) is 15.1. The smallest absolute Gasteiger partial charge is 0.343 e. The van der Waals surface area contributed by atoms with E-state index in [4.69, 9.17) is 14.2 Å². The largest absolute Gasteiger partial charge is 0.490 e. The molecule has 0 radical (unpaired) electrons. The summed E-state index contributed by atoms with van der Waals surface area (Å²) in [6, 6.07) is 10.7. The van der Waals surface area contributed by atoms with Crippen molar-refractivity contribution in [2.45, 2.75) is 0 Å². The minimum absolute atomic E-state index is 0.146. The zero-order valence-corrected chi connectivity index (χ0v) is 13.0. The lowest BCUT2D eigenvalue weighted by Gasteiger charge is -2.09. The van der Waals surface area contributed by atoms with Crippen LogP contribution in [0.15, 0.2) is 47.1 Å². The van der Waals surface area contributed by atoms with Crippen molar-refractivity contribution in [3.8, 4) is 11.6 Å². The number of rotatable bonds is 6. The number of nitrogens with zero attached hydrogens (tertiary/aromatic N) is 1. The second kappa shape index (κ2) is 7.64. The molecular weight excluding hydrogens is 338 g/mol. The van der Waals surface area contributed by atoms with Crippen molar-refractivity contribution in [2.75, 3.05) is 20.3 Å². The molecule has 0 saturated heterocycles. The topological polar surface area (TPSA) is 57.7 Å². The summed E-state index contributed by atoms with van der Waals surface area (Å²) in [5.41, 5.74) is 0.295. The highest BCUT2D eigenvalue weighted by molar-refractivity contribution is 9.10. The Morgan fingerprint density at radius 2 is 1.95 bits per heavy atom. The first kappa shape index (κ1) is 15.3. The Labute approximate surface area is 131 Å². The first-order valence-electron chi connectivity index (χ1n) is 6.25. The van der Waals surface area contributed by atoms with Crippen molar-refractivity contribution < 1.29 is 19.0 Å². The maximum atomic E-state index is 11.9. The molecule has 0 aliphatic heterocycles. The van der Waals surface area contributed by atoms with Crippen molar-refractivity contribution in [2.24, 2.45) is 0 Å². The number of carbonyl (C=O) groups excluding carboxylic acids is 1. The van der Waals surface area contributed by atoms with E-state index in [9.17, 15) is 4.79 Å². The van der Waals surface area contributed by atoms with Crippen LogP contribution in [0.25, 0.3) is 0 Å². The predicted molar refractivity (Wildman–Crippen MR) is 80.7 cm³/mol. The second-order valence-corrected chi connectivity index (χ2v) is 4.91. The first-order chi connectivity index (χ1) is 10.2. The Hall–Kier alpha value is -2.08. The molecule has 1 heterocycles. The number of methoxy groups -OCH3 is 1. The Morgan fingerprint density at radius 1 is 1.19 bits per heavy atom. The van der Waals surface area contributed by atoms with Crippen LogP contribution in [0.2, 0.25) is 0 Å². The van der Waals surface area contributed by atoms with Gasteiger partial charge in [-0.1, -0.05) is 15.9 Å². The summed E-state index contributed by atoms with van der Waals surface area (Å²) in [4.78, 5) is 15.8. The standard InChI is InChI=1S/C15H14BrNO4/c1-19-14-13(3-2-8-17-14)15(18)21-10-9-20-12-6-4-11(16)5-7-12/h2-8H,9-10H2,1H3. The number of hydrogen-bond acceptors (Lipinski definition) is 5. The van der Waals surface area contributed by atoms with Gasteiger partial charge in [-0.25, -0.2) is 9.78 Å². The lowest BCUT2D eigenvalue weighted by Crippen LogP contribution is -2.13. The maximum absolute atomic E-state index is 11.9. The van der Waals surface area contributed by atoms with Crippen molar-refractivity contribution in [3.05, 3.63) is 52.6 Å². The van der Waals surface area contributed by atoms with Crippen LogP contribution >= 0.6 is 15.9 Å². The number of benzene rings is 1. The molecule has 0 atom stereocenters. The average molecular weight is 352 g/mol. The summed E-state index contributed by atoms with van der Waals surface area (Å²) in [5, 5.41) is 0. The van der Waals surface area contributed by atoms with Gasteiger partial charge in [0.15, 0.2) is 0 Å². The van der Waals surface area contributed by atoms with Crippen molar-refractivity contribution in [1.29, 1.82) is 0 Å². The van der Waals surface area contributed by atoms with Crippen LogP contribution in [0.1, 0.15) is 10.4 Å². The van der Waals surface area contributed by atoms with E-state index >= 15 is 0 Å².